The molecular weight excluding hydrogens is 198 g/mol. The molecule has 0 saturated carbocycles. The van der Waals surface area contributed by atoms with Crippen molar-refractivity contribution in [2.24, 2.45) is 0 Å². The minimum atomic E-state index is 0.517. The van der Waals surface area contributed by atoms with Gasteiger partial charge in [-0.05, 0) is 17.7 Å². The maximum atomic E-state index is 4.49. The zero-order valence-corrected chi connectivity index (χ0v) is 10.2. The van der Waals surface area contributed by atoms with Gasteiger partial charge in [-0.2, -0.15) is 0 Å². The number of aryl methyl sites for hydroxylation is 1. The Morgan fingerprint density at radius 1 is 1.38 bits per heavy atom. The Balaban J connectivity index is 2.22. The van der Waals surface area contributed by atoms with Crippen molar-refractivity contribution in [3.63, 3.8) is 0 Å². The molecule has 86 valence electrons. The number of H-pyrrole nitrogens is 1. The van der Waals surface area contributed by atoms with Crippen LogP contribution in [0.25, 0.3) is 11.0 Å². The Morgan fingerprint density at radius 3 is 2.88 bits per heavy atom. The van der Waals surface area contributed by atoms with Crippen LogP contribution in [0.15, 0.2) is 18.2 Å². The molecule has 3 nitrogen and oxygen atoms in total. The first-order valence-corrected chi connectivity index (χ1v) is 5.90. The predicted octanol–water partition coefficient (Wildman–Crippen LogP) is 2.62. The fourth-order valence-electron chi connectivity index (χ4n) is 1.71. The van der Waals surface area contributed by atoms with Crippen LogP contribution in [0.5, 0.6) is 0 Å². The summed E-state index contributed by atoms with van der Waals surface area (Å²) < 4.78 is 0. The summed E-state index contributed by atoms with van der Waals surface area (Å²) in [7, 11) is 0. The molecule has 0 aliphatic heterocycles. The van der Waals surface area contributed by atoms with E-state index in [0.717, 1.165) is 29.8 Å². The average molecular weight is 217 g/mol. The van der Waals surface area contributed by atoms with Gasteiger partial charge in [0.2, 0.25) is 0 Å². The fourth-order valence-corrected chi connectivity index (χ4v) is 1.71. The van der Waals surface area contributed by atoms with Crippen molar-refractivity contribution >= 4 is 11.0 Å². The molecule has 0 fully saturated rings. The van der Waals surface area contributed by atoms with Crippen LogP contribution in [-0.2, 0) is 13.0 Å². The third kappa shape index (κ3) is 2.42. The molecule has 0 spiro atoms. The lowest BCUT2D eigenvalue weighted by atomic mass is 10.2. The third-order valence-electron chi connectivity index (χ3n) is 2.64. The molecule has 1 aromatic heterocycles. The Labute approximate surface area is 96.3 Å². The predicted molar refractivity (Wildman–Crippen MR) is 67.4 cm³/mol. The quantitative estimate of drug-likeness (QED) is 0.826. The molecule has 1 heterocycles. The van der Waals surface area contributed by atoms with Crippen LogP contribution in [0.4, 0.5) is 0 Å². The molecule has 16 heavy (non-hydrogen) atoms. The first-order chi connectivity index (χ1) is 7.69. The summed E-state index contributed by atoms with van der Waals surface area (Å²) in [5.74, 6) is 1.06. The second-order valence-corrected chi connectivity index (χ2v) is 4.42. The summed E-state index contributed by atoms with van der Waals surface area (Å²) in [6.45, 7) is 7.33. The molecule has 3 heteroatoms. The first kappa shape index (κ1) is 11.1. The maximum Gasteiger partial charge on any atom is 0.106 e. The normalized spacial score (nSPS) is 11.5. The van der Waals surface area contributed by atoms with E-state index in [9.17, 15) is 0 Å². The topological polar surface area (TPSA) is 40.7 Å². The molecule has 2 rings (SSSR count). The van der Waals surface area contributed by atoms with E-state index < -0.39 is 0 Å². The number of hydrogen-bond donors (Lipinski definition) is 2. The molecule has 2 N–H and O–H groups in total. The summed E-state index contributed by atoms with van der Waals surface area (Å²) in [5.41, 5.74) is 3.50. The van der Waals surface area contributed by atoms with E-state index >= 15 is 0 Å². The fraction of sp³-hybridized carbons (Fsp3) is 0.462. The van der Waals surface area contributed by atoms with E-state index in [1.54, 1.807) is 0 Å². The number of nitrogens with one attached hydrogen (secondary N) is 2. The monoisotopic (exact) mass is 217 g/mol. The van der Waals surface area contributed by atoms with Gasteiger partial charge in [0.1, 0.15) is 5.82 Å². The van der Waals surface area contributed by atoms with E-state index in [0.29, 0.717) is 6.04 Å². The van der Waals surface area contributed by atoms with Crippen molar-refractivity contribution in [2.75, 3.05) is 0 Å². The largest absolute Gasteiger partial charge is 0.342 e. The summed E-state index contributed by atoms with van der Waals surface area (Å²) in [6.07, 6.45) is 0.953. The Bertz CT molecular complexity index is 471. The summed E-state index contributed by atoms with van der Waals surface area (Å²) in [5, 5.41) is 3.41. The van der Waals surface area contributed by atoms with Gasteiger partial charge in [0, 0.05) is 19.0 Å². The minimum Gasteiger partial charge on any atom is -0.342 e. The molecule has 0 saturated heterocycles. The molecule has 0 unspecified atom stereocenters. The molecule has 2 aromatic rings. The number of benzene rings is 1. The summed E-state index contributed by atoms with van der Waals surface area (Å²) in [6, 6.07) is 6.92. The second-order valence-electron chi connectivity index (χ2n) is 4.42. The number of aromatic nitrogens is 2. The number of hydrogen-bond acceptors (Lipinski definition) is 2. The van der Waals surface area contributed by atoms with E-state index in [-0.39, 0.29) is 0 Å². The number of aromatic amines is 1. The van der Waals surface area contributed by atoms with E-state index in [2.05, 4.69) is 54.3 Å². The van der Waals surface area contributed by atoms with Crippen molar-refractivity contribution in [3.8, 4) is 0 Å². The molecule has 0 aliphatic carbocycles. The van der Waals surface area contributed by atoms with E-state index in [4.69, 9.17) is 0 Å². The molecule has 0 aliphatic rings. The van der Waals surface area contributed by atoms with Crippen LogP contribution in [-0.4, -0.2) is 16.0 Å². The molecule has 0 atom stereocenters. The highest BCUT2D eigenvalue weighted by atomic mass is 14.9. The standard InChI is InChI=1S/C13H19N3/c1-4-13-15-11-6-5-10(7-12(11)16-13)8-14-9(2)3/h5-7,9,14H,4,8H2,1-3H3,(H,15,16). The average Bonchev–Trinajstić information content (AvgIpc) is 2.68. The van der Waals surface area contributed by atoms with E-state index in [1.165, 1.54) is 5.56 Å². The van der Waals surface area contributed by atoms with Crippen molar-refractivity contribution in [3.05, 3.63) is 29.6 Å². The van der Waals surface area contributed by atoms with Gasteiger partial charge in [0.15, 0.2) is 0 Å². The SMILES string of the molecule is CCc1nc2ccc(CNC(C)C)cc2[nH]1. The van der Waals surface area contributed by atoms with Gasteiger partial charge in [-0.3, -0.25) is 0 Å². The maximum absolute atomic E-state index is 4.49. The van der Waals surface area contributed by atoms with Crippen LogP contribution in [0.1, 0.15) is 32.2 Å². The second kappa shape index (κ2) is 4.66. The highest BCUT2D eigenvalue weighted by Crippen LogP contribution is 2.14. The summed E-state index contributed by atoms with van der Waals surface area (Å²) >= 11 is 0. The zero-order chi connectivity index (χ0) is 11.5. The van der Waals surface area contributed by atoms with E-state index in [1.807, 2.05) is 0 Å². The van der Waals surface area contributed by atoms with Gasteiger partial charge in [-0.1, -0.05) is 26.8 Å². The smallest absolute Gasteiger partial charge is 0.106 e. The minimum absolute atomic E-state index is 0.517. The summed E-state index contributed by atoms with van der Waals surface area (Å²) in [4.78, 5) is 7.83. The van der Waals surface area contributed by atoms with Gasteiger partial charge in [0.05, 0.1) is 11.0 Å². The van der Waals surface area contributed by atoms with Gasteiger partial charge < -0.3 is 10.3 Å². The van der Waals surface area contributed by atoms with Crippen molar-refractivity contribution in [2.45, 2.75) is 39.8 Å². The molecule has 0 amide bonds. The first-order valence-electron chi connectivity index (χ1n) is 5.90. The number of rotatable bonds is 4. The van der Waals surface area contributed by atoms with Gasteiger partial charge in [0.25, 0.3) is 0 Å². The molecular formula is C13H19N3. The number of fused-ring (bicyclic) bond motifs is 1. The van der Waals surface area contributed by atoms with Crippen LogP contribution < -0.4 is 5.32 Å². The van der Waals surface area contributed by atoms with Crippen LogP contribution in [0.3, 0.4) is 0 Å². The highest BCUT2D eigenvalue weighted by Gasteiger charge is 2.02. The lowest BCUT2D eigenvalue weighted by Crippen LogP contribution is -2.21. The number of nitrogens with zero attached hydrogens (tertiary/aromatic N) is 1. The Morgan fingerprint density at radius 2 is 2.19 bits per heavy atom. The zero-order valence-electron chi connectivity index (χ0n) is 10.2. The van der Waals surface area contributed by atoms with Crippen LogP contribution in [0.2, 0.25) is 0 Å². The third-order valence-corrected chi connectivity index (χ3v) is 2.64. The van der Waals surface area contributed by atoms with Gasteiger partial charge >= 0.3 is 0 Å². The molecule has 0 bridgehead atoms. The van der Waals surface area contributed by atoms with Crippen molar-refractivity contribution < 1.29 is 0 Å². The Hall–Kier alpha value is -1.35. The van der Waals surface area contributed by atoms with Gasteiger partial charge in [-0.25, -0.2) is 4.98 Å². The molecule has 1 aromatic carbocycles. The number of imidazole rings is 1. The lowest BCUT2D eigenvalue weighted by Gasteiger charge is -2.07. The van der Waals surface area contributed by atoms with Gasteiger partial charge in [-0.15, -0.1) is 0 Å². The molecule has 0 radical (unpaired) electrons. The lowest BCUT2D eigenvalue weighted by molar-refractivity contribution is 0.589. The van der Waals surface area contributed by atoms with Crippen LogP contribution in [0, 0.1) is 0 Å². The Kier molecular flexibility index (Phi) is 3.25. The highest BCUT2D eigenvalue weighted by molar-refractivity contribution is 5.75. The van der Waals surface area contributed by atoms with Crippen molar-refractivity contribution in [1.29, 1.82) is 0 Å². The van der Waals surface area contributed by atoms with Crippen molar-refractivity contribution in [1.82, 2.24) is 15.3 Å². The van der Waals surface area contributed by atoms with Crippen LogP contribution >= 0.6 is 0 Å².